The molecule has 4 aromatic rings. The summed E-state index contributed by atoms with van der Waals surface area (Å²) >= 11 is 1.50. The number of rotatable bonds is 9. The number of carbonyl (C=O) groups excluding carboxylic acids is 1. The summed E-state index contributed by atoms with van der Waals surface area (Å²) in [5.41, 5.74) is 2.23. The summed E-state index contributed by atoms with van der Waals surface area (Å²) in [4.78, 5) is 19.9. The van der Waals surface area contributed by atoms with E-state index in [0.717, 1.165) is 59.2 Å². The molecule has 2 aromatic heterocycles. The van der Waals surface area contributed by atoms with Crippen LogP contribution in [0.3, 0.4) is 0 Å². The molecule has 2 N–H and O–H groups in total. The van der Waals surface area contributed by atoms with E-state index in [1.807, 2.05) is 48.6 Å². The number of anilines is 1. The molecule has 0 saturated carbocycles. The number of fused-ring (bicyclic) bond motifs is 1. The molecule has 0 bridgehead atoms. The average Bonchev–Trinajstić information content (AvgIpc) is 3.36. The smallest absolute Gasteiger partial charge is 0.326 e. The van der Waals surface area contributed by atoms with E-state index in [0.29, 0.717) is 11.7 Å². The second kappa shape index (κ2) is 12.9. The number of alkyl halides is 3. The van der Waals surface area contributed by atoms with Gasteiger partial charge in [-0.1, -0.05) is 19.1 Å². The Kier molecular flexibility index (Phi) is 9.09. The molecule has 1 aliphatic heterocycles. The molecular weight excluding hydrogens is 547 g/mol. The van der Waals surface area contributed by atoms with Gasteiger partial charge < -0.3 is 5.32 Å². The summed E-state index contributed by atoms with van der Waals surface area (Å²) < 4.78 is 41.6. The molecule has 1 amide bonds. The number of amides is 1. The van der Waals surface area contributed by atoms with Crippen LogP contribution in [0.5, 0.6) is 0 Å². The van der Waals surface area contributed by atoms with E-state index in [1.54, 1.807) is 12.3 Å². The van der Waals surface area contributed by atoms with Gasteiger partial charge in [0.05, 0.1) is 22.5 Å². The Labute approximate surface area is 241 Å². The van der Waals surface area contributed by atoms with Gasteiger partial charge in [0.25, 0.3) is 0 Å². The summed E-state index contributed by atoms with van der Waals surface area (Å²) in [7, 11) is 0. The summed E-state index contributed by atoms with van der Waals surface area (Å²) in [6.07, 6.45) is 3.20. The number of hydrogen-bond donors (Lipinski definition) is 2. The first kappa shape index (κ1) is 28.9. The van der Waals surface area contributed by atoms with Crippen molar-refractivity contribution in [1.82, 2.24) is 20.1 Å². The van der Waals surface area contributed by atoms with Gasteiger partial charge in [-0.25, -0.2) is 0 Å². The zero-order valence-corrected chi connectivity index (χ0v) is 23.6. The molecule has 2 aromatic carbocycles. The third kappa shape index (κ3) is 7.77. The molecule has 1 saturated heterocycles. The van der Waals surface area contributed by atoms with Gasteiger partial charge in [0, 0.05) is 40.9 Å². The van der Waals surface area contributed by atoms with Gasteiger partial charge in [-0.15, -0.1) is 11.8 Å². The first-order chi connectivity index (χ1) is 19.7. The van der Waals surface area contributed by atoms with E-state index in [9.17, 15) is 18.0 Å². The van der Waals surface area contributed by atoms with Crippen molar-refractivity contribution in [2.75, 3.05) is 24.2 Å². The summed E-state index contributed by atoms with van der Waals surface area (Å²) in [5, 5.41) is 11.0. The van der Waals surface area contributed by atoms with Crippen LogP contribution in [0.4, 0.5) is 18.9 Å². The average molecular weight is 580 g/mol. The Morgan fingerprint density at radius 1 is 1.12 bits per heavy atom. The number of thioether (sulfide) groups is 1. The Morgan fingerprint density at radius 3 is 2.71 bits per heavy atom. The van der Waals surface area contributed by atoms with Gasteiger partial charge in [-0.2, -0.15) is 18.3 Å². The van der Waals surface area contributed by atoms with E-state index in [1.165, 1.54) is 17.8 Å². The molecule has 0 aliphatic carbocycles. The molecule has 10 heteroatoms. The lowest BCUT2D eigenvalue weighted by Crippen LogP contribution is -2.33. The van der Waals surface area contributed by atoms with E-state index < -0.39 is 11.7 Å². The van der Waals surface area contributed by atoms with Crippen molar-refractivity contribution in [2.45, 2.75) is 43.8 Å². The lowest BCUT2D eigenvalue weighted by atomic mass is 9.98. The van der Waals surface area contributed by atoms with Crippen LogP contribution in [0.2, 0.25) is 0 Å². The van der Waals surface area contributed by atoms with E-state index in [4.69, 9.17) is 0 Å². The zero-order valence-electron chi connectivity index (χ0n) is 22.7. The van der Waals surface area contributed by atoms with Crippen LogP contribution < -0.4 is 5.32 Å². The normalized spacial score (nSPS) is 15.1. The maximum absolute atomic E-state index is 13.9. The number of carbonyl (C=O) groups is 1. The van der Waals surface area contributed by atoms with Crippen molar-refractivity contribution in [3.05, 3.63) is 83.3 Å². The van der Waals surface area contributed by atoms with Crippen LogP contribution in [-0.4, -0.2) is 44.8 Å². The molecular formula is C31H32F3N5OS. The highest BCUT2D eigenvalue weighted by Gasteiger charge is 2.34. The molecule has 5 rings (SSSR count). The molecule has 3 heterocycles. The highest BCUT2D eigenvalue weighted by atomic mass is 32.2. The SMILES string of the molecule is CC1CCN(Cc2ccc(NC(=O)CCSc3ccc4c(C=Cc5ccccn5)n[nH]c4c3)cc2C(F)(F)F)CC1. The summed E-state index contributed by atoms with van der Waals surface area (Å²) in [6.45, 7) is 4.03. The minimum absolute atomic E-state index is 0.161. The van der Waals surface area contributed by atoms with Gasteiger partial charge in [-0.3, -0.25) is 19.8 Å². The Balaban J connectivity index is 1.15. The first-order valence-electron chi connectivity index (χ1n) is 13.7. The Hall–Kier alpha value is -3.63. The van der Waals surface area contributed by atoms with Crippen LogP contribution in [0.25, 0.3) is 23.1 Å². The van der Waals surface area contributed by atoms with Crippen LogP contribution in [0, 0.1) is 5.92 Å². The van der Waals surface area contributed by atoms with E-state index in [2.05, 4.69) is 32.3 Å². The van der Waals surface area contributed by atoms with Gasteiger partial charge in [-0.05, 0) is 92.0 Å². The highest BCUT2D eigenvalue weighted by molar-refractivity contribution is 7.99. The number of H-pyrrole nitrogens is 1. The van der Waals surface area contributed by atoms with Crippen molar-refractivity contribution in [2.24, 2.45) is 5.92 Å². The number of likely N-dealkylation sites (tertiary alicyclic amines) is 1. The number of benzene rings is 2. The highest BCUT2D eigenvalue weighted by Crippen LogP contribution is 2.35. The second-order valence-electron chi connectivity index (χ2n) is 10.4. The number of nitrogens with one attached hydrogen (secondary N) is 2. The summed E-state index contributed by atoms with van der Waals surface area (Å²) in [5.74, 6) is 0.763. The van der Waals surface area contributed by atoms with Gasteiger partial charge in [0.1, 0.15) is 0 Å². The zero-order chi connectivity index (χ0) is 28.8. The third-order valence-corrected chi connectivity index (χ3v) is 8.23. The third-order valence-electron chi connectivity index (χ3n) is 7.23. The molecule has 1 aliphatic rings. The maximum atomic E-state index is 13.9. The molecule has 0 atom stereocenters. The van der Waals surface area contributed by atoms with Crippen molar-refractivity contribution in [1.29, 1.82) is 0 Å². The Bertz CT molecular complexity index is 1510. The molecule has 1 fully saturated rings. The summed E-state index contributed by atoms with van der Waals surface area (Å²) in [6, 6.07) is 15.7. The number of aromatic nitrogens is 3. The number of halogens is 3. The lowest BCUT2D eigenvalue weighted by Gasteiger charge is -2.31. The fraction of sp³-hybridized carbons (Fsp3) is 0.323. The quantitative estimate of drug-likeness (QED) is 0.201. The predicted molar refractivity (Wildman–Crippen MR) is 158 cm³/mol. The number of pyridine rings is 1. The number of nitrogens with zero attached hydrogens (tertiary/aromatic N) is 3. The predicted octanol–water partition coefficient (Wildman–Crippen LogP) is 7.50. The Morgan fingerprint density at radius 2 is 1.95 bits per heavy atom. The molecule has 0 unspecified atom stereocenters. The molecule has 41 heavy (non-hydrogen) atoms. The fourth-order valence-corrected chi connectivity index (χ4v) is 5.77. The molecule has 6 nitrogen and oxygen atoms in total. The number of hydrogen-bond acceptors (Lipinski definition) is 5. The number of piperidine rings is 1. The van der Waals surface area contributed by atoms with E-state index in [-0.39, 0.29) is 30.1 Å². The van der Waals surface area contributed by atoms with Crippen molar-refractivity contribution in [3.63, 3.8) is 0 Å². The van der Waals surface area contributed by atoms with Gasteiger partial charge in [0.2, 0.25) is 5.91 Å². The van der Waals surface area contributed by atoms with Gasteiger partial charge in [0.15, 0.2) is 0 Å². The van der Waals surface area contributed by atoms with Crippen LogP contribution in [0.1, 0.15) is 48.7 Å². The van der Waals surface area contributed by atoms with Crippen LogP contribution in [0.15, 0.2) is 65.7 Å². The molecule has 0 radical (unpaired) electrons. The molecule has 214 valence electrons. The first-order valence-corrected chi connectivity index (χ1v) is 14.7. The topological polar surface area (TPSA) is 73.9 Å². The minimum Gasteiger partial charge on any atom is -0.326 e. The molecule has 0 spiro atoms. The van der Waals surface area contributed by atoms with Crippen molar-refractivity contribution in [3.8, 4) is 0 Å². The fourth-order valence-electron chi connectivity index (χ4n) is 4.88. The standard InChI is InChI=1S/C31H32F3N5OS/c1-21-11-15-39(16-12-21)20-22-5-6-24(18-27(22)31(32,33)34)36-30(40)13-17-41-25-8-9-26-28(37-38-29(26)19-25)10-7-23-4-2-3-14-35-23/h2-10,14,18-19,21H,11-13,15-17,20H2,1H3,(H,36,40)(H,37,38). The monoisotopic (exact) mass is 579 g/mol. The van der Waals surface area contributed by atoms with Crippen LogP contribution in [-0.2, 0) is 17.5 Å². The number of aromatic amines is 1. The largest absolute Gasteiger partial charge is 0.416 e. The van der Waals surface area contributed by atoms with Crippen molar-refractivity contribution < 1.29 is 18.0 Å². The second-order valence-corrected chi connectivity index (χ2v) is 11.5. The van der Waals surface area contributed by atoms with E-state index >= 15 is 0 Å². The lowest BCUT2D eigenvalue weighted by molar-refractivity contribution is -0.138. The van der Waals surface area contributed by atoms with Crippen molar-refractivity contribution >= 4 is 46.4 Å². The van der Waals surface area contributed by atoms with Crippen LogP contribution >= 0.6 is 11.8 Å². The maximum Gasteiger partial charge on any atom is 0.416 e. The van der Waals surface area contributed by atoms with Gasteiger partial charge >= 0.3 is 6.18 Å². The minimum atomic E-state index is -4.49.